The summed E-state index contributed by atoms with van der Waals surface area (Å²) in [6, 6.07) is -0.618. The number of hydrogen-bond donors (Lipinski definition) is 3. The fraction of sp³-hybridized carbons (Fsp3) is 0.889. The normalized spacial score (nSPS) is 39.9. The summed E-state index contributed by atoms with van der Waals surface area (Å²) in [5.74, 6) is 0. The third-order valence-electron chi connectivity index (χ3n) is 2.98. The monoisotopic (exact) mass is 233 g/mol. The summed E-state index contributed by atoms with van der Waals surface area (Å²) in [5.41, 5.74) is 0. The highest BCUT2D eigenvalue weighted by atomic mass is 16.6. The molecule has 0 bridgehead atoms. The molecule has 0 saturated carbocycles. The molecule has 2 rings (SSSR count). The van der Waals surface area contributed by atoms with Crippen LogP contribution in [0.5, 0.6) is 0 Å². The molecule has 1 amide bonds. The van der Waals surface area contributed by atoms with Gasteiger partial charge in [0.25, 0.3) is 0 Å². The maximum Gasteiger partial charge on any atom is 0.410 e. The molecule has 2 aliphatic heterocycles. The zero-order valence-electron chi connectivity index (χ0n) is 8.65. The van der Waals surface area contributed by atoms with E-state index in [2.05, 4.69) is 0 Å². The van der Waals surface area contributed by atoms with Crippen LogP contribution in [0, 0.1) is 0 Å². The van der Waals surface area contributed by atoms with Crippen molar-refractivity contribution in [2.45, 2.75) is 24.4 Å². The number of aliphatic hydroxyl groups excluding tert-OH is 3. The number of rotatable bonds is 2. The van der Waals surface area contributed by atoms with Crippen LogP contribution in [0.2, 0.25) is 0 Å². The predicted octanol–water partition coefficient (Wildman–Crippen LogP) is -2.08. The van der Waals surface area contributed by atoms with Gasteiger partial charge in [-0.05, 0) is 0 Å². The van der Waals surface area contributed by atoms with Crippen LogP contribution in [0.1, 0.15) is 0 Å². The van der Waals surface area contributed by atoms with Crippen LogP contribution in [-0.2, 0) is 9.47 Å². The highest BCUT2D eigenvalue weighted by molar-refractivity contribution is 5.69. The molecule has 3 unspecified atom stereocenters. The summed E-state index contributed by atoms with van der Waals surface area (Å²) in [4.78, 5) is 12.6. The van der Waals surface area contributed by atoms with E-state index in [1.54, 1.807) is 0 Å². The summed E-state index contributed by atoms with van der Waals surface area (Å²) in [6.45, 7) is 0.371. The van der Waals surface area contributed by atoms with Crippen molar-refractivity contribution in [1.82, 2.24) is 4.90 Å². The van der Waals surface area contributed by atoms with E-state index in [0.717, 1.165) is 0 Å². The first-order valence-corrected chi connectivity index (χ1v) is 5.17. The van der Waals surface area contributed by atoms with Crippen LogP contribution in [0.4, 0.5) is 4.79 Å². The Morgan fingerprint density at radius 1 is 1.38 bits per heavy atom. The number of cyclic esters (lactones) is 1. The topological polar surface area (TPSA) is 99.5 Å². The lowest BCUT2D eigenvalue weighted by Crippen LogP contribution is -2.60. The van der Waals surface area contributed by atoms with E-state index in [-0.39, 0.29) is 19.8 Å². The van der Waals surface area contributed by atoms with E-state index in [4.69, 9.17) is 14.6 Å². The standard InChI is InChI=1S/C9H15NO6/c11-3-6-8(13)7(12)5(4-16-6)10-1-2-15-9(10)14/h5-8,11-13H,1-4H2/t5-,6?,7?,8?/m1/s1. The van der Waals surface area contributed by atoms with Gasteiger partial charge < -0.3 is 24.8 Å². The van der Waals surface area contributed by atoms with Gasteiger partial charge in [0.05, 0.1) is 25.8 Å². The van der Waals surface area contributed by atoms with Crippen LogP contribution in [0.25, 0.3) is 0 Å². The number of nitrogens with zero attached hydrogens (tertiary/aromatic N) is 1. The molecule has 7 nitrogen and oxygen atoms in total. The molecule has 0 aliphatic carbocycles. The number of ether oxygens (including phenoxy) is 2. The van der Waals surface area contributed by atoms with Crippen molar-refractivity contribution in [3.05, 3.63) is 0 Å². The van der Waals surface area contributed by atoms with E-state index in [1.165, 1.54) is 4.90 Å². The van der Waals surface area contributed by atoms with E-state index in [9.17, 15) is 15.0 Å². The Labute approximate surface area is 92.2 Å². The number of carbonyl (C=O) groups excluding carboxylic acids is 1. The third-order valence-corrected chi connectivity index (χ3v) is 2.98. The van der Waals surface area contributed by atoms with Gasteiger partial charge in [0.1, 0.15) is 24.9 Å². The van der Waals surface area contributed by atoms with Crippen LogP contribution >= 0.6 is 0 Å². The van der Waals surface area contributed by atoms with Crippen molar-refractivity contribution in [2.24, 2.45) is 0 Å². The second-order valence-corrected chi connectivity index (χ2v) is 3.91. The Balaban J connectivity index is 2.04. The first-order valence-electron chi connectivity index (χ1n) is 5.17. The maximum atomic E-state index is 11.3. The number of hydrogen-bond acceptors (Lipinski definition) is 6. The number of aliphatic hydroxyl groups is 3. The molecule has 92 valence electrons. The lowest BCUT2D eigenvalue weighted by molar-refractivity contribution is -0.174. The Bertz CT molecular complexity index is 273. The van der Waals surface area contributed by atoms with Crippen LogP contribution in [0.15, 0.2) is 0 Å². The first-order chi connectivity index (χ1) is 7.65. The van der Waals surface area contributed by atoms with Crippen LogP contribution < -0.4 is 0 Å². The third kappa shape index (κ3) is 1.86. The quantitative estimate of drug-likeness (QED) is 0.506. The molecule has 0 aromatic heterocycles. The van der Waals surface area contributed by atoms with E-state index in [1.807, 2.05) is 0 Å². The highest BCUT2D eigenvalue weighted by Crippen LogP contribution is 2.22. The van der Waals surface area contributed by atoms with Crippen LogP contribution in [0.3, 0.4) is 0 Å². The molecule has 0 radical (unpaired) electrons. The van der Waals surface area contributed by atoms with Gasteiger partial charge in [-0.15, -0.1) is 0 Å². The molecule has 0 aromatic rings. The number of amides is 1. The molecule has 7 heteroatoms. The lowest BCUT2D eigenvalue weighted by atomic mass is 9.97. The zero-order valence-corrected chi connectivity index (χ0v) is 8.65. The Morgan fingerprint density at radius 2 is 2.12 bits per heavy atom. The number of carbonyl (C=O) groups is 1. The van der Waals surface area contributed by atoms with Crippen molar-refractivity contribution in [2.75, 3.05) is 26.4 Å². The van der Waals surface area contributed by atoms with Gasteiger partial charge in [0, 0.05) is 0 Å². The summed E-state index contributed by atoms with van der Waals surface area (Å²) in [5, 5.41) is 28.3. The van der Waals surface area contributed by atoms with Gasteiger partial charge in [-0.3, -0.25) is 4.90 Å². The Morgan fingerprint density at radius 3 is 2.69 bits per heavy atom. The minimum atomic E-state index is -1.20. The van der Waals surface area contributed by atoms with Gasteiger partial charge >= 0.3 is 6.09 Å². The molecule has 2 heterocycles. The molecule has 16 heavy (non-hydrogen) atoms. The van der Waals surface area contributed by atoms with E-state index < -0.39 is 30.4 Å². The average Bonchev–Trinajstić information content (AvgIpc) is 2.69. The second-order valence-electron chi connectivity index (χ2n) is 3.91. The van der Waals surface area contributed by atoms with Gasteiger partial charge in [-0.2, -0.15) is 0 Å². The fourth-order valence-corrected chi connectivity index (χ4v) is 2.01. The van der Waals surface area contributed by atoms with Crippen molar-refractivity contribution in [3.8, 4) is 0 Å². The summed E-state index contributed by atoms with van der Waals surface area (Å²) < 4.78 is 9.92. The molecular formula is C9H15NO6. The van der Waals surface area contributed by atoms with Crippen molar-refractivity contribution in [3.63, 3.8) is 0 Å². The first kappa shape index (κ1) is 11.6. The minimum Gasteiger partial charge on any atom is -0.448 e. The van der Waals surface area contributed by atoms with Crippen molar-refractivity contribution >= 4 is 6.09 Å². The van der Waals surface area contributed by atoms with E-state index >= 15 is 0 Å². The van der Waals surface area contributed by atoms with Gasteiger partial charge in [-0.1, -0.05) is 0 Å². The zero-order chi connectivity index (χ0) is 11.7. The SMILES string of the molecule is O=C1OCCN1[C@@H]1COC(CO)C(O)C1O. The maximum absolute atomic E-state index is 11.3. The smallest absolute Gasteiger partial charge is 0.410 e. The molecule has 2 aliphatic rings. The Kier molecular flexibility index (Phi) is 3.29. The van der Waals surface area contributed by atoms with Crippen LogP contribution in [-0.4, -0.2) is 77.0 Å². The van der Waals surface area contributed by atoms with Gasteiger partial charge in [0.2, 0.25) is 0 Å². The largest absolute Gasteiger partial charge is 0.448 e. The van der Waals surface area contributed by atoms with Crippen molar-refractivity contribution < 1.29 is 29.6 Å². The Hall–Kier alpha value is -0.890. The van der Waals surface area contributed by atoms with E-state index in [0.29, 0.717) is 6.54 Å². The van der Waals surface area contributed by atoms with Gasteiger partial charge in [0.15, 0.2) is 0 Å². The summed E-state index contributed by atoms with van der Waals surface area (Å²) >= 11 is 0. The molecule has 0 spiro atoms. The molecular weight excluding hydrogens is 218 g/mol. The molecule has 3 N–H and O–H groups in total. The molecule has 2 saturated heterocycles. The average molecular weight is 233 g/mol. The van der Waals surface area contributed by atoms with Crippen molar-refractivity contribution in [1.29, 1.82) is 0 Å². The fourth-order valence-electron chi connectivity index (χ4n) is 2.01. The second kappa shape index (κ2) is 4.54. The predicted molar refractivity (Wildman–Crippen MR) is 50.7 cm³/mol. The molecule has 0 aromatic carbocycles. The molecule has 2 fully saturated rings. The lowest BCUT2D eigenvalue weighted by Gasteiger charge is -2.39. The minimum absolute atomic E-state index is 0.0819. The highest BCUT2D eigenvalue weighted by Gasteiger charge is 2.44. The summed E-state index contributed by atoms with van der Waals surface area (Å²) in [6.07, 6.45) is -3.64. The van der Waals surface area contributed by atoms with Gasteiger partial charge in [-0.25, -0.2) is 4.79 Å². The summed E-state index contributed by atoms with van der Waals surface area (Å²) in [7, 11) is 0. The molecule has 4 atom stereocenters.